The number of rotatable bonds is 4. The first kappa shape index (κ1) is 27.4. The molecule has 0 aromatic heterocycles. The zero-order valence-electron chi connectivity index (χ0n) is 23.8. The molecule has 0 saturated heterocycles. The van der Waals surface area contributed by atoms with Gasteiger partial charge in [0, 0.05) is 81.0 Å². The fourth-order valence-corrected chi connectivity index (χ4v) is 8.71. The molecule has 7 rings (SSSR count). The Morgan fingerprint density at radius 2 is 1.07 bits per heavy atom. The summed E-state index contributed by atoms with van der Waals surface area (Å²) >= 11 is 12.9. The van der Waals surface area contributed by atoms with Crippen molar-refractivity contribution in [2.75, 3.05) is 46.1 Å². The summed E-state index contributed by atoms with van der Waals surface area (Å²) in [6.45, 7) is 4.98. The smallest absolute Gasteiger partial charge is 0.233 e. The molecule has 0 radical (unpaired) electrons. The molecular formula is C34H34Cl2N4O2. The average molecular weight is 602 g/mol. The highest BCUT2D eigenvalue weighted by molar-refractivity contribution is 6.20. The summed E-state index contributed by atoms with van der Waals surface area (Å²) in [5, 5.41) is 4.03. The van der Waals surface area contributed by atoms with Crippen LogP contribution in [0.4, 0.5) is 22.7 Å². The van der Waals surface area contributed by atoms with Crippen LogP contribution in [-0.2, 0) is 9.59 Å². The number of nitrogen functional groups attached to an aromatic ring is 2. The highest BCUT2D eigenvalue weighted by atomic mass is 35.5. The molecule has 2 amide bonds. The van der Waals surface area contributed by atoms with Crippen LogP contribution in [-0.4, -0.2) is 36.7 Å². The van der Waals surface area contributed by atoms with Gasteiger partial charge < -0.3 is 21.3 Å². The van der Waals surface area contributed by atoms with Crippen molar-refractivity contribution in [2.45, 2.75) is 38.5 Å². The zero-order chi connectivity index (χ0) is 29.6. The summed E-state index contributed by atoms with van der Waals surface area (Å²) in [5.74, 6) is 0.888. The van der Waals surface area contributed by atoms with Gasteiger partial charge in [-0.1, -0.05) is 62.4 Å². The average Bonchev–Trinajstić information content (AvgIpc) is 3.54. The standard InChI is InChI=1S/C34H34Cl2N4O2/c1-33(31(41)39-15-19(13-35)29-23-9-5-3-7-21(23)25(37)11-27(29)39)17-34(2,18-33)32(42)40-16-20(14-36)30-24-10-6-4-8-22(24)26(38)12-28(30)40/h3-12,19-20H,13-18,37-38H2,1-2H3/t19-,20-,33?,34?/m1/s1. The van der Waals surface area contributed by atoms with Crippen molar-refractivity contribution in [1.82, 2.24) is 0 Å². The minimum atomic E-state index is -0.680. The van der Waals surface area contributed by atoms with Gasteiger partial charge in [-0.25, -0.2) is 0 Å². The van der Waals surface area contributed by atoms with Gasteiger partial charge >= 0.3 is 0 Å². The molecule has 42 heavy (non-hydrogen) atoms. The van der Waals surface area contributed by atoms with Crippen molar-refractivity contribution in [3.63, 3.8) is 0 Å². The number of fused-ring (bicyclic) bond motifs is 6. The Balaban J connectivity index is 1.18. The van der Waals surface area contributed by atoms with Crippen molar-refractivity contribution >= 4 is 79.3 Å². The van der Waals surface area contributed by atoms with Gasteiger partial charge in [-0.15, -0.1) is 23.2 Å². The van der Waals surface area contributed by atoms with Gasteiger partial charge in [-0.3, -0.25) is 9.59 Å². The predicted molar refractivity (Wildman–Crippen MR) is 174 cm³/mol. The summed E-state index contributed by atoms with van der Waals surface area (Å²) in [6, 6.07) is 19.9. The van der Waals surface area contributed by atoms with Gasteiger partial charge in [-0.05, 0) is 46.9 Å². The maximum atomic E-state index is 14.2. The second-order valence-electron chi connectivity index (χ2n) is 12.9. The van der Waals surface area contributed by atoms with E-state index in [2.05, 4.69) is 12.1 Å². The lowest BCUT2D eigenvalue weighted by Gasteiger charge is -2.52. The fourth-order valence-electron chi connectivity index (χ4n) is 8.21. The number of halogens is 2. The maximum absolute atomic E-state index is 14.2. The van der Waals surface area contributed by atoms with Gasteiger partial charge in [0.2, 0.25) is 11.8 Å². The molecule has 2 atom stereocenters. The molecule has 0 spiro atoms. The van der Waals surface area contributed by atoms with Crippen LogP contribution >= 0.6 is 23.2 Å². The van der Waals surface area contributed by atoms with Crippen molar-refractivity contribution in [1.29, 1.82) is 0 Å². The number of anilines is 4. The third-order valence-electron chi connectivity index (χ3n) is 9.85. The van der Waals surface area contributed by atoms with Gasteiger partial charge in [0.1, 0.15) is 0 Å². The Kier molecular flexibility index (Phi) is 6.20. The van der Waals surface area contributed by atoms with Crippen LogP contribution in [0.3, 0.4) is 0 Å². The second-order valence-corrected chi connectivity index (χ2v) is 13.5. The Labute approximate surface area is 255 Å². The summed E-state index contributed by atoms with van der Waals surface area (Å²) in [6.07, 6.45) is 0.914. The molecule has 4 aromatic rings. The van der Waals surface area contributed by atoms with Crippen LogP contribution in [0.1, 0.15) is 49.7 Å². The van der Waals surface area contributed by atoms with Crippen molar-refractivity contribution in [3.8, 4) is 0 Å². The Morgan fingerprint density at radius 3 is 1.43 bits per heavy atom. The lowest BCUT2D eigenvalue weighted by atomic mass is 9.53. The van der Waals surface area contributed by atoms with Crippen molar-refractivity contribution in [3.05, 3.63) is 71.8 Å². The zero-order valence-corrected chi connectivity index (χ0v) is 25.3. The monoisotopic (exact) mass is 600 g/mol. The number of nitrogens with zero attached hydrogens (tertiary/aromatic N) is 2. The molecule has 4 N–H and O–H groups in total. The van der Waals surface area contributed by atoms with Gasteiger partial charge in [-0.2, -0.15) is 0 Å². The first-order valence-electron chi connectivity index (χ1n) is 14.5. The van der Waals surface area contributed by atoms with E-state index in [4.69, 9.17) is 34.7 Å². The molecule has 4 aromatic carbocycles. The van der Waals surface area contributed by atoms with Crippen LogP contribution in [0.5, 0.6) is 0 Å². The van der Waals surface area contributed by atoms with Crippen LogP contribution in [0.2, 0.25) is 0 Å². The predicted octanol–water partition coefficient (Wildman–Crippen LogP) is 7.00. The van der Waals surface area contributed by atoms with Gasteiger partial charge in [0.15, 0.2) is 0 Å². The number of carbonyl (C=O) groups excluding carboxylic acids is 2. The van der Waals surface area contributed by atoms with Gasteiger partial charge in [0.05, 0.1) is 0 Å². The molecule has 8 heteroatoms. The molecule has 2 heterocycles. The molecule has 0 unspecified atom stereocenters. The molecule has 216 valence electrons. The van der Waals surface area contributed by atoms with E-state index < -0.39 is 10.8 Å². The molecule has 0 bridgehead atoms. The number of alkyl halides is 2. The summed E-state index contributed by atoms with van der Waals surface area (Å²) in [5.41, 5.74) is 16.7. The molecule has 2 aliphatic heterocycles. The minimum Gasteiger partial charge on any atom is -0.398 e. The third kappa shape index (κ3) is 3.77. The summed E-state index contributed by atoms with van der Waals surface area (Å²) in [7, 11) is 0. The van der Waals surface area contributed by atoms with E-state index in [1.165, 1.54) is 0 Å². The van der Waals surface area contributed by atoms with E-state index >= 15 is 0 Å². The van der Waals surface area contributed by atoms with Crippen LogP contribution in [0, 0.1) is 10.8 Å². The molecule has 1 fully saturated rings. The van der Waals surface area contributed by atoms with Crippen LogP contribution < -0.4 is 21.3 Å². The molecular weight excluding hydrogens is 567 g/mol. The van der Waals surface area contributed by atoms with E-state index in [1.807, 2.05) is 72.2 Å². The topological polar surface area (TPSA) is 92.7 Å². The second kappa shape index (κ2) is 9.51. The molecule has 6 nitrogen and oxygen atoms in total. The number of hydrogen-bond donors (Lipinski definition) is 2. The van der Waals surface area contributed by atoms with Crippen molar-refractivity contribution < 1.29 is 9.59 Å². The third-order valence-corrected chi connectivity index (χ3v) is 10.6. The SMILES string of the molecule is CC1(C(=O)N2C[C@@H](CCl)c3c2cc(N)c2ccccc32)CC(C)(C(=O)N2C[C@@H](CCl)c3c2cc(N)c2ccccc32)C1. The quantitative estimate of drug-likeness (QED) is 0.195. The highest BCUT2D eigenvalue weighted by Crippen LogP contribution is 2.59. The minimum absolute atomic E-state index is 0.0154. The number of benzene rings is 4. The first-order valence-corrected chi connectivity index (χ1v) is 15.6. The normalized spacial score (nSPS) is 26.4. The lowest BCUT2D eigenvalue weighted by molar-refractivity contribution is -0.151. The molecule has 3 aliphatic rings. The Hall–Kier alpha value is -3.48. The number of hydrogen-bond acceptors (Lipinski definition) is 4. The van der Waals surface area contributed by atoms with E-state index in [0.29, 0.717) is 49.1 Å². The first-order chi connectivity index (χ1) is 20.1. The largest absolute Gasteiger partial charge is 0.398 e. The van der Waals surface area contributed by atoms with Crippen LogP contribution in [0.15, 0.2) is 60.7 Å². The summed E-state index contributed by atoms with van der Waals surface area (Å²) in [4.78, 5) is 32.2. The number of amides is 2. The van der Waals surface area contributed by atoms with Crippen LogP contribution in [0.25, 0.3) is 21.5 Å². The van der Waals surface area contributed by atoms with E-state index in [9.17, 15) is 9.59 Å². The number of nitrogens with two attached hydrogens (primary N) is 2. The summed E-state index contributed by atoms with van der Waals surface area (Å²) < 4.78 is 0. The van der Waals surface area contributed by atoms with E-state index in [0.717, 1.165) is 44.0 Å². The maximum Gasteiger partial charge on any atom is 0.233 e. The Morgan fingerprint density at radius 1 is 0.714 bits per heavy atom. The highest BCUT2D eigenvalue weighted by Gasteiger charge is 2.60. The van der Waals surface area contributed by atoms with Gasteiger partial charge in [0.25, 0.3) is 0 Å². The molecule has 1 aliphatic carbocycles. The lowest BCUT2D eigenvalue weighted by Crippen LogP contribution is -2.59. The van der Waals surface area contributed by atoms with E-state index in [-0.39, 0.29) is 23.7 Å². The van der Waals surface area contributed by atoms with Crippen molar-refractivity contribution in [2.24, 2.45) is 10.8 Å². The van der Waals surface area contributed by atoms with E-state index in [1.54, 1.807) is 0 Å². The number of carbonyl (C=O) groups is 2. The Bertz CT molecular complexity index is 1670. The molecule has 1 saturated carbocycles. The fraction of sp³-hybridized carbons (Fsp3) is 0.353.